The number of ether oxygens (including phenoxy) is 1. The summed E-state index contributed by atoms with van der Waals surface area (Å²) in [5.74, 6) is -2.04. The molecule has 0 aliphatic carbocycles. The Kier molecular flexibility index (Phi) is 6.66. The number of esters is 1. The predicted octanol–water partition coefficient (Wildman–Crippen LogP) is 4.72. The van der Waals surface area contributed by atoms with Gasteiger partial charge in [0.25, 0.3) is 0 Å². The number of halogens is 2. The zero-order valence-corrected chi connectivity index (χ0v) is 16.3. The van der Waals surface area contributed by atoms with Crippen molar-refractivity contribution < 1.29 is 18.3 Å². The minimum Gasteiger partial charge on any atom is -0.469 e. The molecule has 27 heavy (non-hydrogen) atoms. The molecule has 0 saturated carbocycles. The maximum absolute atomic E-state index is 13.9. The largest absolute Gasteiger partial charge is 0.469 e. The number of carbonyl (C=O) groups excluding carboxylic acids is 1. The molecule has 0 bridgehead atoms. The van der Waals surface area contributed by atoms with Crippen LogP contribution in [0.3, 0.4) is 0 Å². The first-order valence-corrected chi connectivity index (χ1v) is 8.87. The Bertz CT molecular complexity index is 964. The van der Waals surface area contributed by atoms with E-state index in [4.69, 9.17) is 4.74 Å². The van der Waals surface area contributed by atoms with Crippen molar-refractivity contribution in [2.24, 2.45) is 0 Å². The Labute approximate surface area is 157 Å². The van der Waals surface area contributed by atoms with E-state index in [1.54, 1.807) is 16.8 Å². The number of aryl methyl sites for hydroxylation is 2. The summed E-state index contributed by atoms with van der Waals surface area (Å²) in [4.78, 5) is 16.2. The van der Waals surface area contributed by atoms with Crippen LogP contribution in [0.5, 0.6) is 0 Å². The van der Waals surface area contributed by atoms with E-state index in [1.165, 1.54) is 13.2 Å². The van der Waals surface area contributed by atoms with Crippen LogP contribution in [0.4, 0.5) is 8.78 Å². The smallest absolute Gasteiger partial charge is 0.310 e. The molecule has 1 aromatic carbocycles. The third-order valence-corrected chi connectivity index (χ3v) is 4.42. The van der Waals surface area contributed by atoms with Crippen molar-refractivity contribution in [1.82, 2.24) is 9.55 Å². The first kappa shape index (κ1) is 20.6. The number of methoxy groups -OCH3 is 1. The standard InChI is InChI=1S/C19H18F2N2O2.C2H6/c1-11-14-7-8-23(10-13-5-4-6-16(20)18(13)21)19(14)22-12(2)15(11)9-17(24)25-3;1-2/h4-8H,9-10H2,1-3H3;1-2H3. The minimum absolute atomic E-state index is 0.154. The number of fused-ring (bicyclic) bond motifs is 1. The van der Waals surface area contributed by atoms with E-state index in [0.29, 0.717) is 5.65 Å². The van der Waals surface area contributed by atoms with Crippen LogP contribution in [0.1, 0.15) is 36.2 Å². The van der Waals surface area contributed by atoms with Crippen LogP contribution >= 0.6 is 0 Å². The molecule has 0 unspecified atom stereocenters. The first-order chi connectivity index (χ1) is 12.9. The lowest BCUT2D eigenvalue weighted by atomic mass is 10.0. The summed E-state index contributed by atoms with van der Waals surface area (Å²) in [6, 6.07) is 6.00. The van der Waals surface area contributed by atoms with Crippen LogP contribution in [-0.4, -0.2) is 22.6 Å². The molecule has 0 atom stereocenters. The summed E-state index contributed by atoms with van der Waals surface area (Å²) >= 11 is 0. The van der Waals surface area contributed by atoms with Crippen molar-refractivity contribution in [3.63, 3.8) is 0 Å². The predicted molar refractivity (Wildman–Crippen MR) is 102 cm³/mol. The van der Waals surface area contributed by atoms with Gasteiger partial charge in [0.15, 0.2) is 11.6 Å². The van der Waals surface area contributed by atoms with E-state index in [1.807, 2.05) is 33.8 Å². The SMILES string of the molecule is CC.COC(=O)Cc1c(C)nc2c(ccn2Cc2cccc(F)c2F)c1C. The maximum Gasteiger partial charge on any atom is 0.310 e. The molecule has 0 spiro atoms. The summed E-state index contributed by atoms with van der Waals surface area (Å²) in [5.41, 5.74) is 3.41. The highest BCUT2D eigenvalue weighted by Gasteiger charge is 2.16. The lowest BCUT2D eigenvalue weighted by Crippen LogP contribution is -2.10. The third-order valence-electron chi connectivity index (χ3n) is 4.42. The Balaban J connectivity index is 0.00000126. The molecule has 0 amide bonds. The number of hydrogen-bond donors (Lipinski definition) is 0. The Morgan fingerprint density at radius 1 is 1.19 bits per heavy atom. The van der Waals surface area contributed by atoms with Gasteiger partial charge in [-0.1, -0.05) is 26.0 Å². The van der Waals surface area contributed by atoms with Crippen LogP contribution in [0.25, 0.3) is 11.0 Å². The highest BCUT2D eigenvalue weighted by molar-refractivity contribution is 5.84. The van der Waals surface area contributed by atoms with Gasteiger partial charge in [-0.25, -0.2) is 13.8 Å². The van der Waals surface area contributed by atoms with Crippen LogP contribution in [0.15, 0.2) is 30.5 Å². The second-order valence-electron chi connectivity index (χ2n) is 5.95. The second kappa shape index (κ2) is 8.75. The molecule has 0 radical (unpaired) electrons. The molecular weight excluding hydrogens is 350 g/mol. The Morgan fingerprint density at radius 3 is 2.56 bits per heavy atom. The molecule has 3 aromatic rings. The average molecular weight is 374 g/mol. The lowest BCUT2D eigenvalue weighted by Gasteiger charge is -2.12. The molecule has 0 aliphatic rings. The van der Waals surface area contributed by atoms with Crippen molar-refractivity contribution in [2.45, 2.75) is 40.7 Å². The number of aromatic nitrogens is 2. The number of hydrogen-bond acceptors (Lipinski definition) is 3. The van der Waals surface area contributed by atoms with Crippen LogP contribution < -0.4 is 0 Å². The van der Waals surface area contributed by atoms with Crippen LogP contribution in [0.2, 0.25) is 0 Å². The van der Waals surface area contributed by atoms with Gasteiger partial charge in [0.1, 0.15) is 5.65 Å². The fourth-order valence-electron chi connectivity index (χ4n) is 3.00. The van der Waals surface area contributed by atoms with Crippen LogP contribution in [0, 0.1) is 25.5 Å². The van der Waals surface area contributed by atoms with E-state index in [9.17, 15) is 13.6 Å². The maximum atomic E-state index is 13.9. The summed E-state index contributed by atoms with van der Waals surface area (Å²) in [5, 5.41) is 0.876. The van der Waals surface area contributed by atoms with E-state index in [0.717, 1.165) is 28.3 Å². The van der Waals surface area contributed by atoms with Gasteiger partial charge in [0.2, 0.25) is 0 Å². The number of rotatable bonds is 4. The van der Waals surface area contributed by atoms with E-state index < -0.39 is 11.6 Å². The summed E-state index contributed by atoms with van der Waals surface area (Å²) in [6.45, 7) is 7.92. The molecular formula is C21H24F2N2O2. The van der Waals surface area contributed by atoms with E-state index in [2.05, 4.69) is 4.98 Å². The van der Waals surface area contributed by atoms with Crippen molar-refractivity contribution in [1.29, 1.82) is 0 Å². The van der Waals surface area contributed by atoms with Gasteiger partial charge in [-0.3, -0.25) is 4.79 Å². The van der Waals surface area contributed by atoms with Gasteiger partial charge in [0, 0.05) is 22.8 Å². The highest BCUT2D eigenvalue weighted by atomic mass is 19.2. The van der Waals surface area contributed by atoms with Crippen molar-refractivity contribution in [3.8, 4) is 0 Å². The van der Waals surface area contributed by atoms with Crippen molar-refractivity contribution in [2.75, 3.05) is 7.11 Å². The van der Waals surface area contributed by atoms with Gasteiger partial charge in [-0.05, 0) is 37.1 Å². The van der Waals surface area contributed by atoms with Gasteiger partial charge >= 0.3 is 5.97 Å². The summed E-state index contributed by atoms with van der Waals surface area (Å²) < 4.78 is 33.9. The van der Waals surface area contributed by atoms with Crippen LogP contribution in [-0.2, 0) is 22.5 Å². The van der Waals surface area contributed by atoms with Gasteiger partial charge in [-0.15, -0.1) is 0 Å². The number of nitrogens with zero attached hydrogens (tertiary/aromatic N) is 2. The normalized spacial score (nSPS) is 10.5. The number of pyridine rings is 1. The van der Waals surface area contributed by atoms with Gasteiger partial charge in [0.05, 0.1) is 20.1 Å². The Hall–Kier alpha value is -2.76. The van der Waals surface area contributed by atoms with E-state index >= 15 is 0 Å². The zero-order chi connectivity index (χ0) is 20.1. The van der Waals surface area contributed by atoms with Gasteiger partial charge < -0.3 is 9.30 Å². The topological polar surface area (TPSA) is 44.1 Å². The van der Waals surface area contributed by atoms with Crippen molar-refractivity contribution >= 4 is 17.0 Å². The number of benzene rings is 1. The summed E-state index contributed by atoms with van der Waals surface area (Å²) in [6.07, 6.45) is 1.94. The molecule has 0 fully saturated rings. The first-order valence-electron chi connectivity index (χ1n) is 8.87. The fourth-order valence-corrected chi connectivity index (χ4v) is 3.00. The molecule has 2 aromatic heterocycles. The molecule has 0 aliphatic heterocycles. The van der Waals surface area contributed by atoms with Crippen molar-refractivity contribution in [3.05, 3.63) is 64.5 Å². The molecule has 4 nitrogen and oxygen atoms in total. The molecule has 2 heterocycles. The minimum atomic E-state index is -0.866. The van der Waals surface area contributed by atoms with E-state index in [-0.39, 0.29) is 24.5 Å². The molecule has 0 saturated heterocycles. The summed E-state index contributed by atoms with van der Waals surface area (Å²) in [7, 11) is 1.35. The lowest BCUT2D eigenvalue weighted by molar-refractivity contribution is -0.139. The van der Waals surface area contributed by atoms with Gasteiger partial charge in [-0.2, -0.15) is 0 Å². The molecule has 6 heteroatoms. The fraction of sp³-hybridized carbons (Fsp3) is 0.333. The molecule has 3 rings (SSSR count). The molecule has 0 N–H and O–H groups in total. The number of carbonyl (C=O) groups is 1. The third kappa shape index (κ3) is 4.15. The average Bonchev–Trinajstić information content (AvgIpc) is 3.06. The zero-order valence-electron chi connectivity index (χ0n) is 16.3. The Morgan fingerprint density at radius 2 is 1.89 bits per heavy atom. The monoisotopic (exact) mass is 374 g/mol. The highest BCUT2D eigenvalue weighted by Crippen LogP contribution is 2.25. The molecule has 144 valence electrons. The second-order valence-corrected chi connectivity index (χ2v) is 5.95. The quantitative estimate of drug-likeness (QED) is 0.621.